The van der Waals surface area contributed by atoms with E-state index in [1.165, 1.54) is 30.4 Å². The molecule has 5 atom stereocenters. The molecule has 0 aromatic carbocycles. The van der Waals surface area contributed by atoms with Gasteiger partial charge >= 0.3 is 11.9 Å². The smallest absolute Gasteiger partial charge is 0.326 e. The molecule has 0 rings (SSSR count). The molecule has 0 aliphatic carbocycles. The van der Waals surface area contributed by atoms with Crippen LogP contribution in [-0.4, -0.2) is 99.3 Å². The van der Waals surface area contributed by atoms with Gasteiger partial charge in [0.25, 0.3) is 0 Å². The molecule has 0 aromatic heterocycles. The second-order valence-corrected chi connectivity index (χ2v) is 9.26. The number of nitrogens with two attached hydrogens (primary N) is 1. The number of aliphatic hydroxyl groups is 1. The molecule has 0 saturated carbocycles. The first-order valence-corrected chi connectivity index (χ1v) is 13.0. The molecule has 14 heteroatoms. The summed E-state index contributed by atoms with van der Waals surface area (Å²) in [6, 6.07) is -4.89. The number of carboxylic acids is 2. The SMILES string of the molecule is CSCCC(N)C(=O)NC(C(=O)NC(CCSC)C(=O)NC(CCC(=O)O)C(=O)O)C(C)O. The lowest BCUT2D eigenvalue weighted by Crippen LogP contribution is -2.59. The maximum absolute atomic E-state index is 12.8. The molecular weight excluding hydrogens is 476 g/mol. The van der Waals surface area contributed by atoms with Crippen LogP contribution in [0.3, 0.4) is 0 Å². The monoisotopic (exact) mass is 510 g/mol. The predicted octanol–water partition coefficient (Wildman–Crippen LogP) is -1.40. The molecule has 0 fully saturated rings. The van der Waals surface area contributed by atoms with Crippen molar-refractivity contribution in [1.82, 2.24) is 16.0 Å². The maximum Gasteiger partial charge on any atom is 0.326 e. The Labute approximate surface area is 201 Å². The molecule has 5 unspecified atom stereocenters. The van der Waals surface area contributed by atoms with Gasteiger partial charge in [-0.2, -0.15) is 23.5 Å². The van der Waals surface area contributed by atoms with Crippen molar-refractivity contribution in [2.75, 3.05) is 24.0 Å². The van der Waals surface area contributed by atoms with E-state index < -0.39 is 66.4 Å². The number of rotatable bonds is 17. The first kappa shape index (κ1) is 31.0. The van der Waals surface area contributed by atoms with E-state index in [1.807, 2.05) is 6.26 Å². The van der Waals surface area contributed by atoms with Gasteiger partial charge in [-0.05, 0) is 50.2 Å². The van der Waals surface area contributed by atoms with Crippen molar-refractivity contribution >= 4 is 53.2 Å². The zero-order valence-electron chi connectivity index (χ0n) is 18.9. The Morgan fingerprint density at radius 3 is 1.85 bits per heavy atom. The van der Waals surface area contributed by atoms with Gasteiger partial charge < -0.3 is 37.0 Å². The number of carbonyl (C=O) groups excluding carboxylic acids is 3. The molecule has 0 aromatic rings. The molecule has 0 saturated heterocycles. The minimum absolute atomic E-state index is 0.137. The number of aliphatic carboxylic acids is 2. The van der Waals surface area contributed by atoms with Gasteiger partial charge in [-0.1, -0.05) is 0 Å². The van der Waals surface area contributed by atoms with Gasteiger partial charge in [0.15, 0.2) is 0 Å². The molecule has 0 aliphatic rings. The van der Waals surface area contributed by atoms with Crippen LogP contribution >= 0.6 is 23.5 Å². The summed E-state index contributed by atoms with van der Waals surface area (Å²) in [5.41, 5.74) is 5.80. The number of aliphatic hydroxyl groups excluding tert-OH is 1. The van der Waals surface area contributed by atoms with Gasteiger partial charge in [0.1, 0.15) is 18.1 Å². The van der Waals surface area contributed by atoms with Gasteiger partial charge in [-0.3, -0.25) is 19.2 Å². The molecule has 3 amide bonds. The van der Waals surface area contributed by atoms with Crippen LogP contribution in [0.5, 0.6) is 0 Å². The average molecular weight is 511 g/mol. The highest BCUT2D eigenvalue weighted by Gasteiger charge is 2.32. The highest BCUT2D eigenvalue weighted by Crippen LogP contribution is 2.06. The van der Waals surface area contributed by atoms with E-state index in [9.17, 15) is 34.2 Å². The molecule has 33 heavy (non-hydrogen) atoms. The fourth-order valence-electron chi connectivity index (χ4n) is 2.60. The van der Waals surface area contributed by atoms with E-state index in [1.54, 1.807) is 6.26 Å². The first-order chi connectivity index (χ1) is 15.4. The molecule has 0 heterocycles. The summed E-state index contributed by atoms with van der Waals surface area (Å²) in [5, 5.41) is 35.1. The number of thioether (sulfide) groups is 2. The summed E-state index contributed by atoms with van der Waals surface area (Å²) in [5.74, 6) is -3.84. The third-order valence-electron chi connectivity index (χ3n) is 4.54. The van der Waals surface area contributed by atoms with Crippen LogP contribution in [0.15, 0.2) is 0 Å². The van der Waals surface area contributed by atoms with Crippen LogP contribution in [0.2, 0.25) is 0 Å². The molecule has 0 bridgehead atoms. The van der Waals surface area contributed by atoms with Crippen LogP contribution in [-0.2, 0) is 24.0 Å². The van der Waals surface area contributed by atoms with Crippen LogP contribution in [0.4, 0.5) is 0 Å². The summed E-state index contributed by atoms with van der Waals surface area (Å²) in [7, 11) is 0. The van der Waals surface area contributed by atoms with E-state index in [4.69, 9.17) is 10.8 Å². The van der Waals surface area contributed by atoms with Crippen molar-refractivity contribution in [3.63, 3.8) is 0 Å². The Hall–Kier alpha value is -2.03. The topological polar surface area (TPSA) is 208 Å². The van der Waals surface area contributed by atoms with Crippen molar-refractivity contribution in [2.45, 2.75) is 62.9 Å². The quantitative estimate of drug-likeness (QED) is 0.121. The van der Waals surface area contributed by atoms with Gasteiger partial charge in [0.2, 0.25) is 17.7 Å². The van der Waals surface area contributed by atoms with Gasteiger partial charge in [0, 0.05) is 6.42 Å². The van der Waals surface area contributed by atoms with Crippen molar-refractivity contribution in [2.24, 2.45) is 5.73 Å². The lowest BCUT2D eigenvalue weighted by Gasteiger charge is -2.26. The van der Waals surface area contributed by atoms with Crippen molar-refractivity contribution in [3.8, 4) is 0 Å². The second-order valence-electron chi connectivity index (χ2n) is 7.29. The summed E-state index contributed by atoms with van der Waals surface area (Å²) >= 11 is 2.89. The Balaban J connectivity index is 5.34. The van der Waals surface area contributed by atoms with Gasteiger partial charge in [-0.15, -0.1) is 0 Å². The van der Waals surface area contributed by atoms with Crippen molar-refractivity contribution in [1.29, 1.82) is 0 Å². The molecule has 0 spiro atoms. The van der Waals surface area contributed by atoms with Crippen LogP contribution in [0.1, 0.15) is 32.6 Å². The Morgan fingerprint density at radius 1 is 0.818 bits per heavy atom. The number of amides is 3. The van der Waals surface area contributed by atoms with E-state index in [2.05, 4.69) is 16.0 Å². The standard InChI is InChI=1S/C19H34N4O8S2/c1-10(24)15(23-16(27)11(20)6-8-32-2)18(29)21-12(7-9-33-3)17(28)22-13(19(30)31)4-5-14(25)26/h10-13,15,24H,4-9,20H2,1-3H3,(H,21,29)(H,22,28)(H,23,27)(H,25,26)(H,30,31). The molecule has 0 radical (unpaired) electrons. The Morgan fingerprint density at radius 2 is 1.36 bits per heavy atom. The normalized spacial score (nSPS) is 15.4. The van der Waals surface area contributed by atoms with E-state index in [0.29, 0.717) is 17.9 Å². The third-order valence-corrected chi connectivity index (χ3v) is 5.83. The minimum atomic E-state index is -1.45. The van der Waals surface area contributed by atoms with Crippen LogP contribution < -0.4 is 21.7 Å². The number of hydrogen-bond acceptors (Lipinski definition) is 9. The molecule has 0 aliphatic heterocycles. The Kier molecular flexibility index (Phi) is 15.5. The highest BCUT2D eigenvalue weighted by atomic mass is 32.2. The first-order valence-electron chi connectivity index (χ1n) is 10.2. The molecule has 12 nitrogen and oxygen atoms in total. The van der Waals surface area contributed by atoms with Crippen molar-refractivity contribution in [3.05, 3.63) is 0 Å². The Bertz CT molecular complexity index is 680. The predicted molar refractivity (Wildman–Crippen MR) is 126 cm³/mol. The lowest BCUT2D eigenvalue weighted by atomic mass is 10.1. The fourth-order valence-corrected chi connectivity index (χ4v) is 3.57. The zero-order valence-corrected chi connectivity index (χ0v) is 20.5. The third kappa shape index (κ3) is 12.7. The number of carboxylic acid groups (broad SMARTS) is 2. The largest absolute Gasteiger partial charge is 0.481 e. The minimum Gasteiger partial charge on any atom is -0.481 e. The summed E-state index contributed by atoms with van der Waals surface area (Å²) in [4.78, 5) is 59.8. The van der Waals surface area contributed by atoms with Crippen molar-refractivity contribution < 1.29 is 39.3 Å². The number of nitrogens with one attached hydrogen (secondary N) is 3. The van der Waals surface area contributed by atoms with Crippen LogP contribution in [0, 0.1) is 0 Å². The van der Waals surface area contributed by atoms with Gasteiger partial charge in [0.05, 0.1) is 12.1 Å². The van der Waals surface area contributed by atoms with Gasteiger partial charge in [-0.25, -0.2) is 4.79 Å². The number of carbonyl (C=O) groups is 5. The molecule has 8 N–H and O–H groups in total. The van der Waals surface area contributed by atoms with E-state index in [-0.39, 0.29) is 12.8 Å². The lowest BCUT2D eigenvalue weighted by molar-refractivity contribution is -0.143. The summed E-state index contributed by atoms with van der Waals surface area (Å²) in [6.45, 7) is 1.29. The molecule has 190 valence electrons. The van der Waals surface area contributed by atoms with Crippen LogP contribution in [0.25, 0.3) is 0 Å². The zero-order chi connectivity index (χ0) is 25.6. The second kappa shape index (κ2) is 16.6. The maximum atomic E-state index is 12.8. The van der Waals surface area contributed by atoms with E-state index >= 15 is 0 Å². The molecular formula is C19H34N4O8S2. The number of hydrogen-bond donors (Lipinski definition) is 7. The highest BCUT2D eigenvalue weighted by molar-refractivity contribution is 7.98. The summed E-state index contributed by atoms with van der Waals surface area (Å²) in [6.07, 6.45) is 2.04. The summed E-state index contributed by atoms with van der Waals surface area (Å²) < 4.78 is 0. The fraction of sp³-hybridized carbons (Fsp3) is 0.737. The average Bonchev–Trinajstić information content (AvgIpc) is 2.74. The van der Waals surface area contributed by atoms with E-state index in [0.717, 1.165) is 0 Å².